The van der Waals surface area contributed by atoms with E-state index in [1.807, 2.05) is 6.07 Å². The monoisotopic (exact) mass is 283 g/mol. The van der Waals surface area contributed by atoms with Gasteiger partial charge in [-0.2, -0.15) is 0 Å². The molecule has 0 spiro atoms. The molecule has 2 aromatic rings. The highest BCUT2D eigenvalue weighted by Crippen LogP contribution is 2.23. The van der Waals surface area contributed by atoms with E-state index in [0.29, 0.717) is 12.1 Å². The summed E-state index contributed by atoms with van der Waals surface area (Å²) in [6.07, 6.45) is 0.975. The molecule has 1 unspecified atom stereocenters. The molecule has 18 heavy (non-hydrogen) atoms. The van der Waals surface area contributed by atoms with E-state index in [2.05, 4.69) is 23.7 Å². The highest BCUT2D eigenvalue weighted by Gasteiger charge is 2.11. The first-order chi connectivity index (χ1) is 8.72. The Balaban J connectivity index is 2.04. The van der Waals surface area contributed by atoms with Crippen molar-refractivity contribution >= 4 is 22.9 Å². The molecule has 0 bridgehead atoms. The minimum atomic E-state index is -0.326. The van der Waals surface area contributed by atoms with Gasteiger partial charge >= 0.3 is 0 Å². The van der Waals surface area contributed by atoms with E-state index in [1.165, 1.54) is 4.88 Å². The largest absolute Gasteiger partial charge is 0.305 e. The third kappa shape index (κ3) is 3.10. The topological polar surface area (TPSA) is 12.0 Å². The Morgan fingerprint density at radius 2 is 2.17 bits per heavy atom. The lowest BCUT2D eigenvalue weighted by Crippen LogP contribution is -2.20. The fourth-order valence-electron chi connectivity index (χ4n) is 1.85. The Morgan fingerprint density at radius 1 is 1.33 bits per heavy atom. The first-order valence-electron chi connectivity index (χ1n) is 5.92. The summed E-state index contributed by atoms with van der Waals surface area (Å²) in [5.74, 6) is -0.326. The average molecular weight is 284 g/mol. The van der Waals surface area contributed by atoms with Crippen LogP contribution in [0.3, 0.4) is 0 Å². The van der Waals surface area contributed by atoms with Gasteiger partial charge in [0.05, 0.1) is 5.02 Å². The lowest BCUT2D eigenvalue weighted by atomic mass is 10.1. The van der Waals surface area contributed by atoms with Gasteiger partial charge in [0.15, 0.2) is 0 Å². The molecule has 1 heterocycles. The zero-order valence-corrected chi connectivity index (χ0v) is 11.7. The zero-order valence-electron chi connectivity index (χ0n) is 10.1. The Morgan fingerprint density at radius 3 is 2.83 bits per heavy atom. The van der Waals surface area contributed by atoms with Gasteiger partial charge in [0.1, 0.15) is 5.82 Å². The van der Waals surface area contributed by atoms with Crippen LogP contribution in [-0.4, -0.2) is 0 Å². The van der Waals surface area contributed by atoms with Gasteiger partial charge in [0.25, 0.3) is 0 Å². The van der Waals surface area contributed by atoms with E-state index < -0.39 is 0 Å². The van der Waals surface area contributed by atoms with Gasteiger partial charge in [0, 0.05) is 23.0 Å². The minimum Gasteiger partial charge on any atom is -0.305 e. The van der Waals surface area contributed by atoms with Crippen molar-refractivity contribution < 1.29 is 4.39 Å². The maximum Gasteiger partial charge on any atom is 0.146 e. The SMILES string of the molecule is CCC(NCc1cccc(Cl)c1F)c1cccs1. The second-order valence-electron chi connectivity index (χ2n) is 4.07. The van der Waals surface area contributed by atoms with E-state index in [-0.39, 0.29) is 16.9 Å². The molecular formula is C14H15ClFNS. The molecule has 4 heteroatoms. The van der Waals surface area contributed by atoms with E-state index in [0.717, 1.165) is 6.42 Å². The first kappa shape index (κ1) is 13.5. The third-order valence-corrected chi connectivity index (χ3v) is 4.14. The van der Waals surface area contributed by atoms with Gasteiger partial charge in [0.2, 0.25) is 0 Å². The first-order valence-corrected chi connectivity index (χ1v) is 7.17. The second kappa shape index (κ2) is 6.32. The number of rotatable bonds is 5. The average Bonchev–Trinajstić information content (AvgIpc) is 2.89. The molecule has 0 saturated heterocycles. The molecule has 1 aromatic heterocycles. The van der Waals surface area contributed by atoms with Crippen LogP contribution >= 0.6 is 22.9 Å². The lowest BCUT2D eigenvalue weighted by molar-refractivity contribution is 0.510. The fourth-order valence-corrected chi connectivity index (χ4v) is 2.93. The van der Waals surface area contributed by atoms with Crippen LogP contribution in [0.1, 0.15) is 29.8 Å². The van der Waals surface area contributed by atoms with Crippen molar-refractivity contribution in [2.75, 3.05) is 0 Å². The minimum absolute atomic E-state index is 0.179. The van der Waals surface area contributed by atoms with E-state index in [9.17, 15) is 4.39 Å². The van der Waals surface area contributed by atoms with Crippen LogP contribution in [0.4, 0.5) is 4.39 Å². The van der Waals surface area contributed by atoms with E-state index in [1.54, 1.807) is 29.5 Å². The molecule has 0 amide bonds. The van der Waals surface area contributed by atoms with Gasteiger partial charge in [-0.25, -0.2) is 4.39 Å². The van der Waals surface area contributed by atoms with Crippen LogP contribution in [0.15, 0.2) is 35.7 Å². The molecule has 0 aliphatic heterocycles. The van der Waals surface area contributed by atoms with Crippen molar-refractivity contribution in [3.63, 3.8) is 0 Å². The van der Waals surface area contributed by atoms with Gasteiger partial charge in [-0.1, -0.05) is 36.7 Å². The molecule has 2 rings (SSSR count). The smallest absolute Gasteiger partial charge is 0.146 e. The fraction of sp³-hybridized carbons (Fsp3) is 0.286. The highest BCUT2D eigenvalue weighted by molar-refractivity contribution is 7.10. The summed E-state index contributed by atoms with van der Waals surface area (Å²) in [6.45, 7) is 2.61. The molecule has 0 fully saturated rings. The van der Waals surface area contributed by atoms with Crippen molar-refractivity contribution in [3.05, 3.63) is 57.0 Å². The van der Waals surface area contributed by atoms with E-state index >= 15 is 0 Å². The number of hydrogen-bond acceptors (Lipinski definition) is 2. The summed E-state index contributed by atoms with van der Waals surface area (Å²) in [5, 5.41) is 5.60. The number of thiophene rings is 1. The molecule has 1 N–H and O–H groups in total. The Hall–Kier alpha value is -0.900. The quantitative estimate of drug-likeness (QED) is 0.832. The summed E-state index contributed by atoms with van der Waals surface area (Å²) in [6, 6.07) is 9.49. The normalized spacial score (nSPS) is 12.6. The summed E-state index contributed by atoms with van der Waals surface area (Å²) < 4.78 is 13.7. The van der Waals surface area contributed by atoms with Crippen molar-refractivity contribution in [2.24, 2.45) is 0 Å². The van der Waals surface area contributed by atoms with Crippen molar-refractivity contribution in [1.82, 2.24) is 5.32 Å². The van der Waals surface area contributed by atoms with E-state index in [4.69, 9.17) is 11.6 Å². The van der Waals surface area contributed by atoms with Crippen molar-refractivity contribution in [3.8, 4) is 0 Å². The zero-order chi connectivity index (χ0) is 13.0. The van der Waals surface area contributed by atoms with Gasteiger partial charge in [-0.3, -0.25) is 0 Å². The molecule has 0 radical (unpaired) electrons. The predicted molar refractivity (Wildman–Crippen MR) is 75.6 cm³/mol. The maximum absolute atomic E-state index is 13.7. The van der Waals surface area contributed by atoms with Crippen LogP contribution in [0.25, 0.3) is 0 Å². The molecular weight excluding hydrogens is 269 g/mol. The summed E-state index contributed by atoms with van der Waals surface area (Å²) in [7, 11) is 0. The Bertz CT molecular complexity index is 499. The third-order valence-electron chi connectivity index (χ3n) is 2.87. The molecule has 1 nitrogen and oxygen atoms in total. The van der Waals surface area contributed by atoms with Crippen molar-refractivity contribution in [2.45, 2.75) is 25.9 Å². The summed E-state index contributed by atoms with van der Waals surface area (Å²) in [4.78, 5) is 1.28. The van der Waals surface area contributed by atoms with Crippen LogP contribution in [0.2, 0.25) is 5.02 Å². The van der Waals surface area contributed by atoms with Gasteiger partial charge in [-0.15, -0.1) is 11.3 Å². The molecule has 0 aliphatic carbocycles. The molecule has 1 atom stereocenters. The van der Waals surface area contributed by atoms with Crippen LogP contribution < -0.4 is 5.32 Å². The van der Waals surface area contributed by atoms with Crippen molar-refractivity contribution in [1.29, 1.82) is 0 Å². The van der Waals surface area contributed by atoms with Crippen LogP contribution in [0.5, 0.6) is 0 Å². The number of hydrogen-bond donors (Lipinski definition) is 1. The standard InChI is InChI=1S/C14H15ClFNS/c1-2-12(13-7-4-8-18-13)17-9-10-5-3-6-11(15)14(10)16/h3-8,12,17H,2,9H2,1H3. The van der Waals surface area contributed by atoms with Crippen LogP contribution in [0, 0.1) is 5.82 Å². The molecule has 96 valence electrons. The Labute approximate surface area is 116 Å². The molecule has 0 aliphatic rings. The summed E-state index contributed by atoms with van der Waals surface area (Å²) in [5.41, 5.74) is 0.609. The van der Waals surface area contributed by atoms with Crippen LogP contribution in [-0.2, 0) is 6.54 Å². The summed E-state index contributed by atoms with van der Waals surface area (Å²) >= 11 is 7.48. The number of halogens is 2. The predicted octanol–water partition coefficient (Wildman–Crippen LogP) is 4.78. The molecule has 0 saturated carbocycles. The number of benzene rings is 1. The Kier molecular flexibility index (Phi) is 4.75. The number of nitrogens with one attached hydrogen (secondary N) is 1. The van der Waals surface area contributed by atoms with Gasteiger partial charge < -0.3 is 5.32 Å². The lowest BCUT2D eigenvalue weighted by Gasteiger charge is -2.16. The maximum atomic E-state index is 13.7. The molecule has 1 aromatic carbocycles. The highest BCUT2D eigenvalue weighted by atomic mass is 35.5. The second-order valence-corrected chi connectivity index (χ2v) is 5.46. The van der Waals surface area contributed by atoms with Gasteiger partial charge in [-0.05, 0) is 23.9 Å².